The molecule has 0 aromatic rings. The first-order valence-corrected chi connectivity index (χ1v) is 28.0. The van der Waals surface area contributed by atoms with Gasteiger partial charge in [-0.1, -0.05) is 0 Å². The number of rotatable bonds is 8. The van der Waals surface area contributed by atoms with Crippen LogP contribution in [0.1, 0.15) is 6.42 Å². The largest absolute Gasteiger partial charge is 0.394 e. The Bertz CT molecular complexity index is 2100. The van der Waals surface area contributed by atoms with Crippen molar-refractivity contribution < 1.29 is 193 Å². The Labute approximate surface area is 491 Å². The number of hydrogen-bond acceptors (Lipinski definition) is 39. The van der Waals surface area contributed by atoms with Crippen LogP contribution in [-0.4, -0.2) is 410 Å². The van der Waals surface area contributed by atoms with Crippen molar-refractivity contribution in [2.75, 3.05) is 52.9 Å². The molecule has 30 saturated heterocycles. The van der Waals surface area contributed by atoms with Crippen molar-refractivity contribution in [3.05, 3.63) is 0 Å². The number of aliphatic hydroxyl groups is 23. The van der Waals surface area contributed by atoms with E-state index in [9.17, 15) is 117 Å². The van der Waals surface area contributed by atoms with Gasteiger partial charge in [0.1, 0.15) is 183 Å². The molecule has 87 heavy (non-hydrogen) atoms. The summed E-state index contributed by atoms with van der Waals surface area (Å²) >= 11 is 0. The van der Waals surface area contributed by atoms with E-state index in [0.717, 1.165) is 0 Å². The van der Waals surface area contributed by atoms with Crippen LogP contribution < -0.4 is 0 Å². The molecule has 39 nitrogen and oxygen atoms in total. The van der Waals surface area contributed by atoms with Gasteiger partial charge >= 0.3 is 0 Å². The minimum atomic E-state index is -2.24. The van der Waals surface area contributed by atoms with Crippen LogP contribution in [-0.2, 0) is 75.8 Å². The summed E-state index contributed by atoms with van der Waals surface area (Å²) in [4.78, 5) is 0. The lowest BCUT2D eigenvalue weighted by Crippen LogP contribution is -2.68. The van der Waals surface area contributed by atoms with Crippen molar-refractivity contribution in [3.8, 4) is 0 Å². The molecule has 0 aromatic heterocycles. The average molecular weight is 1280 g/mol. The molecular weight excluding hydrogens is 1200 g/mol. The molecule has 39 heteroatoms. The summed E-state index contributed by atoms with van der Waals surface area (Å²) in [7, 11) is 0. The van der Waals surface area contributed by atoms with Gasteiger partial charge in [-0.05, 0) is 0 Å². The molecule has 30 rings (SSSR count). The smallest absolute Gasteiger partial charge is 0.187 e. The van der Waals surface area contributed by atoms with Crippen molar-refractivity contribution in [1.29, 1.82) is 0 Å². The molecule has 30 heterocycles. The summed E-state index contributed by atoms with van der Waals surface area (Å²) in [5.74, 6) is 0. The van der Waals surface area contributed by atoms with Gasteiger partial charge in [0.15, 0.2) is 50.3 Å². The topological polar surface area (TPSA) is 613 Å². The van der Waals surface area contributed by atoms with Crippen molar-refractivity contribution in [3.63, 3.8) is 0 Å². The van der Waals surface area contributed by atoms with Gasteiger partial charge in [0.2, 0.25) is 0 Å². The molecule has 0 radical (unpaired) electrons. The van der Waals surface area contributed by atoms with Gasteiger partial charge in [0.25, 0.3) is 0 Å². The molecule has 0 aromatic carbocycles. The Balaban J connectivity index is 0.967. The average Bonchev–Trinajstić information content (AvgIpc) is 1.14. The molecule has 30 fully saturated rings. The van der Waals surface area contributed by atoms with E-state index in [-0.39, 0.29) is 0 Å². The number of aliphatic hydroxyl groups excluding tert-OH is 23. The van der Waals surface area contributed by atoms with Crippen LogP contribution in [0.2, 0.25) is 0 Å². The maximum absolute atomic E-state index is 11.4. The zero-order valence-corrected chi connectivity index (χ0v) is 45.7. The van der Waals surface area contributed by atoms with Gasteiger partial charge in [-0.25, -0.2) is 0 Å². The van der Waals surface area contributed by atoms with Crippen LogP contribution in [0.25, 0.3) is 0 Å². The first-order chi connectivity index (χ1) is 41.5. The minimum Gasteiger partial charge on any atom is -0.394 e. The van der Waals surface area contributed by atoms with Crippen molar-refractivity contribution in [2.45, 2.75) is 246 Å². The molecule has 23 N–H and O–H groups in total. The quantitative estimate of drug-likeness (QED) is 0.107. The fraction of sp³-hybridized carbons (Fsp3) is 1.00. The second-order valence-electron chi connectivity index (χ2n) is 22.4. The van der Waals surface area contributed by atoms with Gasteiger partial charge in [0, 0.05) is 6.42 Å². The van der Waals surface area contributed by atoms with Crippen molar-refractivity contribution >= 4 is 0 Å². The molecule has 0 spiro atoms. The Kier molecular flexibility index (Phi) is 23.9. The minimum absolute atomic E-state index is 0.540. The SMILES string of the molecule is OCC1OC2OC3C(CO)OC(OC4C(CO)OC(OC5C(CO)OC(OC6C(CO)OC(OC7C(CO)OC(OC8C(CO)OC(OC9C(CO)OC(OC1CC2O)C(O)C9O)C(O)C8O)C(O)C7O)C(O)C6O)C(O)C5O)C(O)C4O)C(O)C3O. The van der Waals surface area contributed by atoms with E-state index in [1.54, 1.807) is 0 Å². The lowest BCUT2D eigenvalue weighted by molar-refractivity contribution is -0.401. The third-order valence-corrected chi connectivity index (χ3v) is 16.8. The van der Waals surface area contributed by atoms with Gasteiger partial charge in [0.05, 0.1) is 59.0 Å². The van der Waals surface area contributed by atoms with Gasteiger partial charge < -0.3 is 193 Å². The van der Waals surface area contributed by atoms with Crippen molar-refractivity contribution in [1.82, 2.24) is 0 Å². The van der Waals surface area contributed by atoms with Gasteiger partial charge in [-0.2, -0.15) is 0 Å². The van der Waals surface area contributed by atoms with E-state index in [0.29, 0.717) is 0 Å². The lowest BCUT2D eigenvalue weighted by Gasteiger charge is -2.50. The highest BCUT2D eigenvalue weighted by atomic mass is 16.8. The second-order valence-corrected chi connectivity index (χ2v) is 22.4. The summed E-state index contributed by atoms with van der Waals surface area (Å²) < 4.78 is 91.6. The first kappa shape index (κ1) is 69.8. The molecule has 39 unspecified atom stereocenters. The van der Waals surface area contributed by atoms with E-state index in [1.165, 1.54) is 0 Å². The standard InChI is InChI=1S/C48H80O39/c49-2-12-11-1-10(57)41(73-12)81-34-13(3-50)75-43(28(66)21(34)59)83-36-15(5-52)77-45(30(68)23(36)61)85-38-17(7-54)79-47(32(70)25(38)63)87-40-19(9-56)80-48(33(71)26(40)64)86-39-18(8-55)78-46(31(69)24(39)62)84-37-16(6-53)76-44(29(67)22(37)60)82-35-14(4-51)74-42(72-11)27(65)20(35)58/h10-71H,1-9H2. The normalized spacial score (nSPS) is 55.0. The van der Waals surface area contributed by atoms with Crippen LogP contribution in [0, 0.1) is 0 Å². The monoisotopic (exact) mass is 1280 g/mol. The molecule has 0 saturated carbocycles. The molecular formula is C48H80O39. The fourth-order valence-corrected chi connectivity index (χ4v) is 11.9. The molecule has 30 aliphatic rings. The third-order valence-electron chi connectivity index (χ3n) is 16.8. The highest BCUT2D eigenvalue weighted by molar-refractivity contribution is 5.02. The molecule has 0 aliphatic carbocycles. The maximum atomic E-state index is 11.4. The number of ether oxygens (including phenoxy) is 16. The summed E-state index contributed by atoms with van der Waals surface area (Å²) in [5, 5.41) is 253. The van der Waals surface area contributed by atoms with Gasteiger partial charge in [-0.15, -0.1) is 0 Å². The van der Waals surface area contributed by atoms with E-state index in [1.807, 2.05) is 0 Å². The third kappa shape index (κ3) is 14.0. The van der Waals surface area contributed by atoms with Crippen LogP contribution in [0.3, 0.4) is 0 Å². The Morgan fingerprint density at radius 3 is 0.529 bits per heavy atom. The molecule has 16 bridgehead atoms. The van der Waals surface area contributed by atoms with Crippen LogP contribution in [0.4, 0.5) is 0 Å². The Hall–Kier alpha value is -1.56. The van der Waals surface area contributed by atoms with E-state index < -0.39 is 299 Å². The molecule has 39 atom stereocenters. The Morgan fingerprint density at radius 2 is 0.345 bits per heavy atom. The fourth-order valence-electron chi connectivity index (χ4n) is 11.9. The predicted molar refractivity (Wildman–Crippen MR) is 260 cm³/mol. The summed E-state index contributed by atoms with van der Waals surface area (Å²) in [6.07, 6.45) is -77.3. The van der Waals surface area contributed by atoms with E-state index in [4.69, 9.17) is 75.8 Å². The highest BCUT2D eigenvalue weighted by Crippen LogP contribution is 2.39. The zero-order chi connectivity index (χ0) is 63.2. The molecule has 30 aliphatic heterocycles. The van der Waals surface area contributed by atoms with E-state index in [2.05, 4.69) is 0 Å². The highest BCUT2D eigenvalue weighted by Gasteiger charge is 2.60. The summed E-state index contributed by atoms with van der Waals surface area (Å²) in [6.45, 7) is -8.25. The predicted octanol–water partition coefficient (Wildman–Crippen LogP) is -16.4. The van der Waals surface area contributed by atoms with Crippen LogP contribution in [0.5, 0.6) is 0 Å². The zero-order valence-electron chi connectivity index (χ0n) is 45.7. The second kappa shape index (κ2) is 29.8. The first-order valence-electron chi connectivity index (χ1n) is 28.0. The summed E-state index contributed by atoms with van der Waals surface area (Å²) in [6, 6.07) is 0. The lowest BCUT2D eigenvalue weighted by atomic mass is 9.95. The maximum Gasteiger partial charge on any atom is 0.187 e. The Morgan fingerprint density at radius 1 is 0.184 bits per heavy atom. The van der Waals surface area contributed by atoms with Crippen LogP contribution in [0.15, 0.2) is 0 Å². The summed E-state index contributed by atoms with van der Waals surface area (Å²) in [5.41, 5.74) is 0. The number of hydrogen-bond donors (Lipinski definition) is 23. The van der Waals surface area contributed by atoms with Crippen molar-refractivity contribution in [2.24, 2.45) is 0 Å². The van der Waals surface area contributed by atoms with E-state index >= 15 is 0 Å². The molecule has 0 amide bonds. The van der Waals surface area contributed by atoms with Gasteiger partial charge in [-0.3, -0.25) is 0 Å². The molecule has 506 valence electrons. The van der Waals surface area contributed by atoms with Crippen LogP contribution >= 0.6 is 0 Å².